The monoisotopic (exact) mass is 360 g/mol. The van der Waals surface area contributed by atoms with E-state index in [-0.39, 0.29) is 12.5 Å². The fourth-order valence-electron chi connectivity index (χ4n) is 2.55. The molecular formula is C19H24N2O5. The van der Waals surface area contributed by atoms with Crippen LogP contribution >= 0.6 is 0 Å². The molecule has 0 saturated heterocycles. The standard InChI is InChI=1S/C19H24N2O5/c1-5-8-20-19(24)13(4)21-16(22)10-25-15-7-6-14-11(2)9-17(23)26-18(14)12(15)3/h6-7,9,13H,5,8,10H2,1-4H3,(H,20,24)(H,21,22)/t13-/m0/s1. The van der Waals surface area contributed by atoms with Gasteiger partial charge < -0.3 is 19.8 Å². The highest BCUT2D eigenvalue weighted by atomic mass is 16.5. The molecule has 1 aromatic heterocycles. The van der Waals surface area contributed by atoms with Crippen LogP contribution in [0.1, 0.15) is 31.4 Å². The molecule has 0 aliphatic carbocycles. The Labute approximate surface area is 151 Å². The minimum absolute atomic E-state index is 0.237. The Bertz CT molecular complexity index is 872. The van der Waals surface area contributed by atoms with Gasteiger partial charge in [0, 0.05) is 23.6 Å². The largest absolute Gasteiger partial charge is 0.483 e. The summed E-state index contributed by atoms with van der Waals surface area (Å²) >= 11 is 0. The SMILES string of the molecule is CCCNC(=O)[C@H](C)NC(=O)COc1ccc2c(C)cc(=O)oc2c1C. The van der Waals surface area contributed by atoms with E-state index < -0.39 is 17.6 Å². The summed E-state index contributed by atoms with van der Waals surface area (Å²) < 4.78 is 10.8. The maximum atomic E-state index is 12.0. The molecule has 7 heteroatoms. The molecule has 0 fully saturated rings. The van der Waals surface area contributed by atoms with E-state index in [2.05, 4.69) is 10.6 Å². The predicted octanol–water partition coefficient (Wildman–Crippen LogP) is 1.82. The normalized spacial score (nSPS) is 11.8. The van der Waals surface area contributed by atoms with Crippen LogP contribution in [0.2, 0.25) is 0 Å². The second kappa shape index (κ2) is 8.51. The van der Waals surface area contributed by atoms with Gasteiger partial charge in [-0.05, 0) is 44.9 Å². The van der Waals surface area contributed by atoms with Crippen LogP contribution < -0.4 is 21.0 Å². The molecule has 1 atom stereocenters. The lowest BCUT2D eigenvalue weighted by molar-refractivity contribution is -0.129. The number of fused-ring (bicyclic) bond motifs is 1. The zero-order valence-electron chi connectivity index (χ0n) is 15.5. The first-order valence-electron chi connectivity index (χ1n) is 8.57. The third-order valence-electron chi connectivity index (χ3n) is 4.00. The highest BCUT2D eigenvalue weighted by molar-refractivity contribution is 5.88. The Kier molecular flexibility index (Phi) is 6.38. The van der Waals surface area contributed by atoms with Crippen LogP contribution in [-0.2, 0) is 9.59 Å². The van der Waals surface area contributed by atoms with Crippen LogP contribution in [0.3, 0.4) is 0 Å². The first-order valence-corrected chi connectivity index (χ1v) is 8.57. The van der Waals surface area contributed by atoms with Gasteiger partial charge in [0.2, 0.25) is 5.91 Å². The number of ether oxygens (including phenoxy) is 1. The summed E-state index contributed by atoms with van der Waals surface area (Å²) in [7, 11) is 0. The average Bonchev–Trinajstić information content (AvgIpc) is 2.59. The smallest absolute Gasteiger partial charge is 0.336 e. The Morgan fingerprint density at radius 2 is 2.00 bits per heavy atom. The van der Waals surface area contributed by atoms with Gasteiger partial charge in [-0.15, -0.1) is 0 Å². The van der Waals surface area contributed by atoms with E-state index in [4.69, 9.17) is 9.15 Å². The molecule has 1 heterocycles. The summed E-state index contributed by atoms with van der Waals surface area (Å²) in [4.78, 5) is 35.4. The number of hydrogen-bond donors (Lipinski definition) is 2. The molecule has 0 aliphatic heterocycles. The van der Waals surface area contributed by atoms with Gasteiger partial charge in [0.05, 0.1) is 0 Å². The summed E-state index contributed by atoms with van der Waals surface area (Å²) in [5.74, 6) is -0.196. The molecular weight excluding hydrogens is 336 g/mol. The van der Waals surface area contributed by atoms with Crippen molar-refractivity contribution in [2.24, 2.45) is 0 Å². The van der Waals surface area contributed by atoms with E-state index in [1.54, 1.807) is 26.0 Å². The maximum absolute atomic E-state index is 12.0. The van der Waals surface area contributed by atoms with Crippen LogP contribution in [0.15, 0.2) is 27.4 Å². The Morgan fingerprint density at radius 1 is 1.27 bits per heavy atom. The van der Waals surface area contributed by atoms with Gasteiger partial charge in [-0.25, -0.2) is 4.79 Å². The zero-order chi connectivity index (χ0) is 19.3. The topological polar surface area (TPSA) is 97.6 Å². The van der Waals surface area contributed by atoms with Crippen molar-refractivity contribution < 1.29 is 18.7 Å². The molecule has 0 saturated carbocycles. The molecule has 0 unspecified atom stereocenters. The van der Waals surface area contributed by atoms with Gasteiger partial charge in [0.15, 0.2) is 6.61 Å². The molecule has 7 nitrogen and oxygen atoms in total. The summed E-state index contributed by atoms with van der Waals surface area (Å²) in [6, 6.07) is 4.31. The van der Waals surface area contributed by atoms with Crippen molar-refractivity contribution in [3.63, 3.8) is 0 Å². The lowest BCUT2D eigenvalue weighted by Gasteiger charge is -2.15. The lowest BCUT2D eigenvalue weighted by atomic mass is 10.1. The minimum Gasteiger partial charge on any atom is -0.483 e. The Morgan fingerprint density at radius 3 is 2.69 bits per heavy atom. The molecule has 2 amide bonds. The van der Waals surface area contributed by atoms with E-state index in [0.29, 0.717) is 23.4 Å². The maximum Gasteiger partial charge on any atom is 0.336 e. The lowest BCUT2D eigenvalue weighted by Crippen LogP contribution is -2.46. The van der Waals surface area contributed by atoms with E-state index in [1.807, 2.05) is 13.8 Å². The second-order valence-electron chi connectivity index (χ2n) is 6.18. The number of hydrogen-bond acceptors (Lipinski definition) is 5. The molecule has 0 spiro atoms. The predicted molar refractivity (Wildman–Crippen MR) is 98.4 cm³/mol. The van der Waals surface area contributed by atoms with Crippen molar-refractivity contribution in [2.45, 2.75) is 40.2 Å². The van der Waals surface area contributed by atoms with Crippen LogP contribution in [0.25, 0.3) is 11.0 Å². The summed E-state index contributed by atoms with van der Waals surface area (Å²) in [5.41, 5.74) is 1.47. The first kappa shape index (κ1) is 19.5. The molecule has 0 bridgehead atoms. The molecule has 2 aromatic rings. The molecule has 2 rings (SSSR count). The Hall–Kier alpha value is -2.83. The highest BCUT2D eigenvalue weighted by Crippen LogP contribution is 2.28. The third kappa shape index (κ3) is 4.62. The fraction of sp³-hybridized carbons (Fsp3) is 0.421. The molecule has 0 aliphatic rings. The Balaban J connectivity index is 2.03. The van der Waals surface area contributed by atoms with E-state index in [0.717, 1.165) is 17.4 Å². The molecule has 0 radical (unpaired) electrons. The van der Waals surface area contributed by atoms with Crippen molar-refractivity contribution in [3.8, 4) is 5.75 Å². The van der Waals surface area contributed by atoms with Crippen molar-refractivity contribution in [3.05, 3.63) is 39.7 Å². The fourth-order valence-corrected chi connectivity index (χ4v) is 2.55. The quantitative estimate of drug-likeness (QED) is 0.734. The third-order valence-corrected chi connectivity index (χ3v) is 4.00. The second-order valence-corrected chi connectivity index (χ2v) is 6.18. The van der Waals surface area contributed by atoms with Crippen molar-refractivity contribution >= 4 is 22.8 Å². The number of carbonyl (C=O) groups is 2. The van der Waals surface area contributed by atoms with Crippen LogP contribution in [0.5, 0.6) is 5.75 Å². The minimum atomic E-state index is -0.643. The van der Waals surface area contributed by atoms with Crippen molar-refractivity contribution in [1.29, 1.82) is 0 Å². The van der Waals surface area contributed by atoms with Gasteiger partial charge in [0.1, 0.15) is 17.4 Å². The van der Waals surface area contributed by atoms with Gasteiger partial charge in [-0.3, -0.25) is 9.59 Å². The molecule has 26 heavy (non-hydrogen) atoms. The van der Waals surface area contributed by atoms with Gasteiger partial charge in [-0.2, -0.15) is 0 Å². The zero-order valence-corrected chi connectivity index (χ0v) is 15.5. The van der Waals surface area contributed by atoms with E-state index in [9.17, 15) is 14.4 Å². The molecule has 140 valence electrons. The van der Waals surface area contributed by atoms with E-state index in [1.165, 1.54) is 6.07 Å². The highest BCUT2D eigenvalue weighted by Gasteiger charge is 2.16. The first-order chi connectivity index (χ1) is 12.3. The summed E-state index contributed by atoms with van der Waals surface area (Å²) in [6.07, 6.45) is 0.826. The van der Waals surface area contributed by atoms with Crippen molar-refractivity contribution in [1.82, 2.24) is 10.6 Å². The number of aryl methyl sites for hydroxylation is 2. The van der Waals surface area contributed by atoms with E-state index >= 15 is 0 Å². The van der Waals surface area contributed by atoms with Gasteiger partial charge >= 0.3 is 5.63 Å². The average molecular weight is 360 g/mol. The number of carbonyl (C=O) groups excluding carboxylic acids is 2. The number of nitrogens with one attached hydrogen (secondary N) is 2. The number of rotatable bonds is 7. The van der Waals surface area contributed by atoms with Crippen LogP contribution in [0, 0.1) is 13.8 Å². The van der Waals surface area contributed by atoms with Crippen LogP contribution in [0.4, 0.5) is 0 Å². The van der Waals surface area contributed by atoms with Crippen LogP contribution in [-0.4, -0.2) is 31.0 Å². The molecule has 2 N–H and O–H groups in total. The van der Waals surface area contributed by atoms with Gasteiger partial charge in [0.25, 0.3) is 5.91 Å². The summed E-state index contributed by atoms with van der Waals surface area (Å²) in [5, 5.41) is 6.12. The number of benzene rings is 1. The van der Waals surface area contributed by atoms with Crippen molar-refractivity contribution in [2.75, 3.05) is 13.2 Å². The number of amides is 2. The molecule has 1 aromatic carbocycles. The summed E-state index contributed by atoms with van der Waals surface area (Å²) in [6.45, 7) is 7.48. The van der Waals surface area contributed by atoms with Gasteiger partial charge in [-0.1, -0.05) is 6.92 Å².